The van der Waals surface area contributed by atoms with Gasteiger partial charge in [-0.3, -0.25) is 4.98 Å². The summed E-state index contributed by atoms with van der Waals surface area (Å²) in [5.41, 5.74) is 1.06. The maximum absolute atomic E-state index is 4.64. The van der Waals surface area contributed by atoms with Crippen LogP contribution in [0.1, 0.15) is 0 Å². The molecular weight excluding hydrogens is 170 g/mol. The predicted molar refractivity (Wildman–Crippen MR) is 53.5 cm³/mol. The number of rotatable bonds is 0. The van der Waals surface area contributed by atoms with Crippen molar-refractivity contribution in [3.8, 4) is 0 Å². The van der Waals surface area contributed by atoms with E-state index < -0.39 is 0 Å². The number of halogens is 1. The van der Waals surface area contributed by atoms with Crippen LogP contribution in [0.15, 0.2) is 42.6 Å². The van der Waals surface area contributed by atoms with Crippen LogP contribution in [-0.4, -0.2) is 11.4 Å². The molecule has 1 heterocycles. The maximum Gasteiger partial charge on any atom is 0.0701 e. The lowest BCUT2D eigenvalue weighted by molar-refractivity contribution is 1.41. The van der Waals surface area contributed by atoms with Crippen molar-refractivity contribution >= 4 is 22.5 Å². The highest BCUT2D eigenvalue weighted by atomic mass is 35.5. The van der Waals surface area contributed by atoms with Crippen molar-refractivity contribution in [2.24, 2.45) is 0 Å². The summed E-state index contributed by atoms with van der Waals surface area (Å²) in [7, 11) is 0. The van der Waals surface area contributed by atoms with Crippen molar-refractivity contribution in [1.82, 2.24) is 4.98 Å². The van der Waals surface area contributed by atoms with Crippen LogP contribution < -0.4 is 0 Å². The van der Waals surface area contributed by atoms with E-state index in [0.717, 1.165) is 5.52 Å². The molecule has 0 bridgehead atoms. The Hall–Kier alpha value is -1.08. The van der Waals surface area contributed by atoms with E-state index in [0.29, 0.717) is 0 Å². The first-order valence-corrected chi connectivity index (χ1v) is 4.40. The van der Waals surface area contributed by atoms with Gasteiger partial charge in [0.1, 0.15) is 0 Å². The van der Waals surface area contributed by atoms with E-state index in [2.05, 4.69) is 28.7 Å². The predicted octanol–water partition coefficient (Wildman–Crippen LogP) is 3.09. The summed E-state index contributed by atoms with van der Waals surface area (Å²) in [4.78, 5) is 4.18. The van der Waals surface area contributed by atoms with Gasteiger partial charge in [-0.05, 0) is 12.1 Å². The van der Waals surface area contributed by atoms with Crippen LogP contribution in [-0.2, 0) is 0 Å². The van der Waals surface area contributed by atoms with E-state index in [1.165, 1.54) is 11.8 Å². The van der Waals surface area contributed by atoms with Crippen LogP contribution in [0.4, 0.5) is 0 Å². The highest BCUT2D eigenvalue weighted by Gasteiger charge is 1.86. The zero-order valence-corrected chi connectivity index (χ0v) is 7.62. The molecule has 2 rings (SSSR count). The monoisotopic (exact) mass is 179 g/mol. The van der Waals surface area contributed by atoms with Gasteiger partial charge in [-0.2, -0.15) is 0 Å². The number of hydrogen-bond acceptors (Lipinski definition) is 1. The molecule has 0 radical (unpaired) electrons. The summed E-state index contributed by atoms with van der Waals surface area (Å²) in [5.74, 6) is 0. The molecule has 0 atom stereocenters. The smallest absolute Gasteiger partial charge is 0.0701 e. The minimum atomic E-state index is 1.06. The van der Waals surface area contributed by atoms with Crippen molar-refractivity contribution in [3.63, 3.8) is 0 Å². The van der Waals surface area contributed by atoms with Crippen LogP contribution in [0.5, 0.6) is 0 Å². The third-order valence-electron chi connectivity index (χ3n) is 1.51. The van der Waals surface area contributed by atoms with Gasteiger partial charge >= 0.3 is 0 Å². The van der Waals surface area contributed by atoms with E-state index in [-0.39, 0.29) is 0 Å². The SMILES string of the molecule is CCl.c1ccc2ncccc2c1. The summed E-state index contributed by atoms with van der Waals surface area (Å²) < 4.78 is 0. The molecule has 0 saturated heterocycles. The topological polar surface area (TPSA) is 12.9 Å². The molecule has 0 saturated carbocycles. The number of pyridine rings is 1. The molecule has 1 nitrogen and oxygen atoms in total. The lowest BCUT2D eigenvalue weighted by Gasteiger charge is -1.91. The maximum atomic E-state index is 4.64. The quantitative estimate of drug-likeness (QED) is 0.567. The number of benzene rings is 1. The number of aromatic nitrogens is 1. The Kier molecular flexibility index (Phi) is 3.55. The first-order chi connectivity index (χ1) is 5.97. The lowest BCUT2D eigenvalue weighted by Crippen LogP contribution is -1.73. The number of alkyl halides is 1. The Morgan fingerprint density at radius 2 is 1.67 bits per heavy atom. The van der Waals surface area contributed by atoms with E-state index in [9.17, 15) is 0 Å². The van der Waals surface area contributed by atoms with Crippen molar-refractivity contribution in [1.29, 1.82) is 0 Å². The number of fused-ring (bicyclic) bond motifs is 1. The van der Waals surface area contributed by atoms with Gasteiger partial charge in [-0.25, -0.2) is 0 Å². The van der Waals surface area contributed by atoms with Gasteiger partial charge in [0.05, 0.1) is 5.52 Å². The second-order valence-electron chi connectivity index (χ2n) is 2.20. The average Bonchev–Trinajstić information content (AvgIpc) is 2.21. The van der Waals surface area contributed by atoms with Crippen molar-refractivity contribution in [2.45, 2.75) is 0 Å². The summed E-state index contributed by atoms with van der Waals surface area (Å²) in [5, 5.41) is 1.20. The molecule has 0 amide bonds. The summed E-state index contributed by atoms with van der Waals surface area (Å²) in [6.45, 7) is 0. The normalized spacial score (nSPS) is 8.83. The van der Waals surface area contributed by atoms with E-state index in [1.54, 1.807) is 0 Å². The Bertz CT molecular complexity index is 281. The summed E-state index contributed by atoms with van der Waals surface area (Å²) in [6.07, 6.45) is 3.28. The zero-order chi connectivity index (χ0) is 8.81. The fourth-order valence-electron chi connectivity index (χ4n) is 1.02. The number of nitrogens with zero attached hydrogens (tertiary/aromatic N) is 1. The molecule has 62 valence electrons. The van der Waals surface area contributed by atoms with Gasteiger partial charge in [-0.1, -0.05) is 24.3 Å². The molecule has 1 aromatic carbocycles. The second-order valence-corrected chi connectivity index (χ2v) is 2.20. The molecule has 0 N–H and O–H groups in total. The Labute approximate surface area is 77.0 Å². The minimum absolute atomic E-state index is 1.06. The molecule has 2 heteroatoms. The Balaban J connectivity index is 0.000000336. The van der Waals surface area contributed by atoms with Crippen molar-refractivity contribution in [3.05, 3.63) is 42.6 Å². The molecule has 0 unspecified atom stereocenters. The van der Waals surface area contributed by atoms with Gasteiger partial charge in [0, 0.05) is 18.0 Å². The summed E-state index contributed by atoms with van der Waals surface area (Å²) >= 11 is 4.64. The second kappa shape index (κ2) is 4.73. The van der Waals surface area contributed by atoms with Crippen molar-refractivity contribution < 1.29 is 0 Å². The standard InChI is InChI=1S/C9H7N.CH3Cl/c1-2-6-9-8(4-1)5-3-7-10-9;1-2/h1-7H;1H3. The van der Waals surface area contributed by atoms with E-state index in [1.807, 2.05) is 30.5 Å². The average molecular weight is 180 g/mol. The van der Waals surface area contributed by atoms with Crippen LogP contribution >= 0.6 is 11.6 Å². The largest absolute Gasteiger partial charge is 0.256 e. The zero-order valence-electron chi connectivity index (χ0n) is 6.87. The third-order valence-corrected chi connectivity index (χ3v) is 1.51. The summed E-state index contributed by atoms with van der Waals surface area (Å²) in [6, 6.07) is 12.1. The van der Waals surface area contributed by atoms with E-state index in [4.69, 9.17) is 0 Å². The first-order valence-electron chi connectivity index (χ1n) is 3.64. The Morgan fingerprint density at radius 3 is 2.42 bits per heavy atom. The van der Waals surface area contributed by atoms with Gasteiger partial charge in [0.25, 0.3) is 0 Å². The van der Waals surface area contributed by atoms with Gasteiger partial charge in [0.2, 0.25) is 0 Å². The molecular formula is C10H10ClN. The fraction of sp³-hybridized carbons (Fsp3) is 0.100. The number of para-hydroxylation sites is 1. The van der Waals surface area contributed by atoms with Gasteiger partial charge < -0.3 is 0 Å². The Morgan fingerprint density at radius 1 is 1.00 bits per heavy atom. The van der Waals surface area contributed by atoms with Crippen LogP contribution in [0.2, 0.25) is 0 Å². The minimum Gasteiger partial charge on any atom is -0.256 e. The number of hydrogen-bond donors (Lipinski definition) is 0. The molecule has 0 aliphatic heterocycles. The van der Waals surface area contributed by atoms with Crippen LogP contribution in [0, 0.1) is 0 Å². The molecule has 2 aromatic rings. The lowest BCUT2D eigenvalue weighted by atomic mass is 10.2. The molecule has 1 aromatic heterocycles. The molecule has 0 fully saturated rings. The molecule has 0 aliphatic rings. The van der Waals surface area contributed by atoms with Gasteiger partial charge in [0.15, 0.2) is 0 Å². The third kappa shape index (κ3) is 1.95. The highest BCUT2D eigenvalue weighted by molar-refractivity contribution is 6.15. The first kappa shape index (κ1) is 9.01. The fourth-order valence-corrected chi connectivity index (χ4v) is 1.02. The highest BCUT2D eigenvalue weighted by Crippen LogP contribution is 2.07. The molecule has 0 spiro atoms. The molecule has 12 heavy (non-hydrogen) atoms. The van der Waals surface area contributed by atoms with Crippen LogP contribution in [0.25, 0.3) is 10.9 Å². The van der Waals surface area contributed by atoms with Gasteiger partial charge in [-0.15, -0.1) is 11.6 Å². The van der Waals surface area contributed by atoms with Crippen molar-refractivity contribution in [2.75, 3.05) is 6.38 Å². The molecule has 0 aliphatic carbocycles. The van der Waals surface area contributed by atoms with Crippen LogP contribution in [0.3, 0.4) is 0 Å². The van der Waals surface area contributed by atoms with E-state index >= 15 is 0 Å².